The van der Waals surface area contributed by atoms with E-state index in [1.807, 2.05) is 0 Å². The predicted octanol–water partition coefficient (Wildman–Crippen LogP) is 0.627. The van der Waals surface area contributed by atoms with E-state index in [1.165, 1.54) is 16.3 Å². The van der Waals surface area contributed by atoms with Gasteiger partial charge in [0.2, 0.25) is 11.7 Å². The molecule has 0 aromatic carbocycles. The quantitative estimate of drug-likeness (QED) is 0.695. The molecule has 2 aromatic rings. The van der Waals surface area contributed by atoms with Gasteiger partial charge in [0, 0.05) is 37.0 Å². The molecule has 29 heavy (non-hydrogen) atoms. The molecule has 3 rings (SSSR count). The zero-order chi connectivity index (χ0) is 21.5. The topological polar surface area (TPSA) is 104 Å². The van der Waals surface area contributed by atoms with Crippen LogP contribution in [-0.4, -0.2) is 42.1 Å². The number of fused-ring (bicyclic) bond motifs is 1. The molecule has 1 N–H and O–H groups in total. The summed E-state index contributed by atoms with van der Waals surface area (Å²) < 4.78 is 40.9. The van der Waals surface area contributed by atoms with Gasteiger partial charge >= 0.3 is 11.9 Å². The molecule has 0 radical (unpaired) electrons. The summed E-state index contributed by atoms with van der Waals surface area (Å²) in [5.74, 6) is -1.16. The number of nitrogens with one attached hydrogen (secondary N) is 1. The average molecular weight is 432 g/mol. The van der Waals surface area contributed by atoms with Gasteiger partial charge in [-0.2, -0.15) is 13.2 Å². The van der Waals surface area contributed by atoms with Crippen LogP contribution in [0.5, 0.6) is 0 Å². The third kappa shape index (κ3) is 4.09. The lowest BCUT2D eigenvalue weighted by Crippen LogP contribution is -2.34. The first-order valence-electron chi connectivity index (χ1n) is 8.71. The number of halogens is 3. The first-order chi connectivity index (χ1) is 13.5. The van der Waals surface area contributed by atoms with Crippen LogP contribution in [0.4, 0.5) is 13.2 Å². The van der Waals surface area contributed by atoms with Crippen molar-refractivity contribution in [2.75, 3.05) is 12.3 Å². The van der Waals surface area contributed by atoms with Gasteiger partial charge in [-0.1, -0.05) is 11.8 Å². The second-order valence-electron chi connectivity index (χ2n) is 6.68. The summed E-state index contributed by atoms with van der Waals surface area (Å²) in [6.45, 7) is 3.16. The van der Waals surface area contributed by atoms with Crippen LogP contribution >= 0.6 is 11.8 Å². The van der Waals surface area contributed by atoms with Crippen molar-refractivity contribution in [1.29, 1.82) is 0 Å². The van der Waals surface area contributed by atoms with Crippen molar-refractivity contribution in [3.05, 3.63) is 37.9 Å². The minimum Gasteiger partial charge on any atom is -0.354 e. The molecule has 1 unspecified atom stereocenters. The molecule has 0 saturated heterocycles. The van der Waals surface area contributed by atoms with E-state index in [0.717, 1.165) is 7.05 Å². The van der Waals surface area contributed by atoms with E-state index < -0.39 is 17.7 Å². The maximum atomic E-state index is 12.8. The Balaban J connectivity index is 1.61. The lowest BCUT2D eigenvalue weighted by Gasteiger charge is -2.14. The molecule has 1 amide bonds. The van der Waals surface area contributed by atoms with Crippen LogP contribution in [0.25, 0.3) is 0 Å². The number of nitrogens with zero attached hydrogens (tertiary/aromatic N) is 5. The van der Waals surface area contributed by atoms with Crippen molar-refractivity contribution in [2.24, 2.45) is 7.05 Å². The maximum absolute atomic E-state index is 12.8. The highest BCUT2D eigenvalue weighted by Crippen LogP contribution is 2.32. The highest BCUT2D eigenvalue weighted by molar-refractivity contribution is 7.99. The Labute approximate surface area is 166 Å². The SMILES string of the molecule is Cc1nc2n(c(=O)c1C)C(CC(=O)NCCn1nc(C(F)(F)F)n(C)c1=O)CS2. The van der Waals surface area contributed by atoms with E-state index in [0.29, 0.717) is 31.4 Å². The Hall–Kier alpha value is -2.57. The highest BCUT2D eigenvalue weighted by atomic mass is 32.2. The number of alkyl halides is 3. The fourth-order valence-corrected chi connectivity index (χ4v) is 4.17. The smallest absolute Gasteiger partial charge is 0.354 e. The molecular weight excluding hydrogens is 413 g/mol. The number of aromatic nitrogens is 5. The van der Waals surface area contributed by atoms with Gasteiger partial charge in [0.1, 0.15) is 0 Å². The van der Waals surface area contributed by atoms with Crippen molar-refractivity contribution in [3.63, 3.8) is 0 Å². The molecule has 1 atom stereocenters. The second-order valence-corrected chi connectivity index (χ2v) is 7.67. The Morgan fingerprint density at radius 1 is 1.31 bits per heavy atom. The fraction of sp³-hybridized carbons (Fsp3) is 0.562. The lowest BCUT2D eigenvalue weighted by atomic mass is 10.2. The molecule has 0 spiro atoms. The molecule has 1 aliphatic rings. The van der Waals surface area contributed by atoms with Crippen molar-refractivity contribution < 1.29 is 18.0 Å². The van der Waals surface area contributed by atoms with E-state index in [-0.39, 0.29) is 37.0 Å². The maximum Gasteiger partial charge on any atom is 0.451 e. The third-order valence-corrected chi connectivity index (χ3v) is 5.78. The first kappa shape index (κ1) is 21.1. The minimum absolute atomic E-state index is 0.0228. The molecule has 1 aliphatic heterocycles. The fourth-order valence-electron chi connectivity index (χ4n) is 2.99. The van der Waals surface area contributed by atoms with Crippen LogP contribution in [0, 0.1) is 13.8 Å². The summed E-state index contributed by atoms with van der Waals surface area (Å²) >= 11 is 1.39. The van der Waals surface area contributed by atoms with Crippen LogP contribution in [0.3, 0.4) is 0 Å². The van der Waals surface area contributed by atoms with E-state index >= 15 is 0 Å². The zero-order valence-corrected chi connectivity index (χ0v) is 16.7. The number of thioether (sulfide) groups is 1. The summed E-state index contributed by atoms with van der Waals surface area (Å²) in [4.78, 5) is 40.9. The Bertz CT molecular complexity index is 1070. The molecule has 2 aromatic heterocycles. The summed E-state index contributed by atoms with van der Waals surface area (Å²) in [6, 6.07) is -0.358. The molecule has 0 saturated carbocycles. The molecule has 13 heteroatoms. The van der Waals surface area contributed by atoms with Crippen molar-refractivity contribution >= 4 is 17.7 Å². The predicted molar refractivity (Wildman–Crippen MR) is 97.8 cm³/mol. The van der Waals surface area contributed by atoms with Crippen molar-refractivity contribution in [2.45, 2.75) is 44.2 Å². The number of hydrogen-bond acceptors (Lipinski definition) is 6. The number of carbonyl (C=O) groups excluding carboxylic acids is 1. The van der Waals surface area contributed by atoms with Gasteiger partial charge in [0.05, 0.1) is 12.6 Å². The molecule has 0 bridgehead atoms. The van der Waals surface area contributed by atoms with Gasteiger partial charge in [-0.05, 0) is 13.8 Å². The summed E-state index contributed by atoms with van der Waals surface area (Å²) in [7, 11) is 0.984. The highest BCUT2D eigenvalue weighted by Gasteiger charge is 2.38. The van der Waals surface area contributed by atoms with Crippen molar-refractivity contribution in [1.82, 2.24) is 29.2 Å². The second kappa shape index (κ2) is 7.69. The molecule has 158 valence electrons. The number of aryl methyl sites for hydroxylation is 1. The van der Waals surface area contributed by atoms with Gasteiger partial charge in [-0.3, -0.25) is 18.7 Å². The van der Waals surface area contributed by atoms with Gasteiger partial charge in [0.25, 0.3) is 5.56 Å². The standard InChI is InChI=1S/C16H19F3N6O3S/c1-8-9(2)21-14-25(12(8)27)10(7-29-14)6-11(26)20-4-5-24-15(28)23(3)13(22-24)16(17,18)19/h10H,4-7H2,1-3H3,(H,20,26). The number of carbonyl (C=O) groups is 1. The molecule has 0 fully saturated rings. The van der Waals surface area contributed by atoms with E-state index in [9.17, 15) is 27.6 Å². The van der Waals surface area contributed by atoms with Gasteiger partial charge in [-0.25, -0.2) is 14.5 Å². The van der Waals surface area contributed by atoms with Crippen LogP contribution in [0.2, 0.25) is 0 Å². The Morgan fingerprint density at radius 2 is 2.00 bits per heavy atom. The van der Waals surface area contributed by atoms with Gasteiger partial charge in [0.15, 0.2) is 5.16 Å². The summed E-state index contributed by atoms with van der Waals surface area (Å²) in [5, 5.41) is 6.39. The first-order valence-corrected chi connectivity index (χ1v) is 9.69. The van der Waals surface area contributed by atoms with E-state index in [2.05, 4.69) is 15.4 Å². The Morgan fingerprint density at radius 3 is 2.62 bits per heavy atom. The van der Waals surface area contributed by atoms with Gasteiger partial charge < -0.3 is 5.32 Å². The van der Waals surface area contributed by atoms with Crippen LogP contribution in [-0.2, 0) is 24.6 Å². The Kier molecular flexibility index (Phi) is 5.61. The monoisotopic (exact) mass is 432 g/mol. The van der Waals surface area contributed by atoms with Crippen molar-refractivity contribution in [3.8, 4) is 0 Å². The van der Waals surface area contributed by atoms with Crippen LogP contribution in [0.1, 0.15) is 29.5 Å². The molecule has 3 heterocycles. The average Bonchev–Trinajstić information content (AvgIpc) is 3.15. The lowest BCUT2D eigenvalue weighted by molar-refractivity contribution is -0.147. The normalized spacial score (nSPS) is 16.1. The van der Waals surface area contributed by atoms with E-state index in [4.69, 9.17) is 0 Å². The molecular formula is C16H19F3N6O3S. The largest absolute Gasteiger partial charge is 0.451 e. The van der Waals surface area contributed by atoms with E-state index in [1.54, 1.807) is 13.8 Å². The summed E-state index contributed by atoms with van der Waals surface area (Å²) in [5.41, 5.74) is 0.0701. The summed E-state index contributed by atoms with van der Waals surface area (Å²) in [6.07, 6.45) is -4.72. The molecule has 9 nitrogen and oxygen atoms in total. The van der Waals surface area contributed by atoms with Crippen LogP contribution in [0.15, 0.2) is 14.7 Å². The number of amides is 1. The number of rotatable bonds is 5. The van der Waals surface area contributed by atoms with Crippen LogP contribution < -0.4 is 16.6 Å². The van der Waals surface area contributed by atoms with Gasteiger partial charge in [-0.15, -0.1) is 5.10 Å². The zero-order valence-electron chi connectivity index (χ0n) is 15.9. The number of hydrogen-bond donors (Lipinski definition) is 1. The minimum atomic E-state index is -4.74. The molecule has 0 aliphatic carbocycles. The third-order valence-electron chi connectivity index (χ3n) is 4.68.